The van der Waals surface area contributed by atoms with Gasteiger partial charge in [-0.2, -0.15) is 0 Å². The summed E-state index contributed by atoms with van der Waals surface area (Å²) in [6.45, 7) is 0.731. The van der Waals surface area contributed by atoms with Crippen LogP contribution in [0.2, 0.25) is 0 Å². The number of anilines is 1. The minimum absolute atomic E-state index is 0.189. The van der Waals surface area contributed by atoms with Crippen LogP contribution in [0.1, 0.15) is 16.7 Å². The first kappa shape index (κ1) is 14.0. The molecule has 0 bridgehead atoms. The van der Waals surface area contributed by atoms with Crippen LogP contribution in [-0.2, 0) is 11.2 Å². The standard InChI is InChI=1S/C19H15NO2/c1-2-14-4-3-5-17(13-14)20-19(21)9-7-15-6-8-18-16(12-15)10-11-22-18/h1,3-9,12-13H,10-11H2,(H,20,21)/b9-7-. The second-order valence-electron chi connectivity index (χ2n) is 5.01. The second kappa shape index (κ2) is 6.19. The van der Waals surface area contributed by atoms with E-state index in [-0.39, 0.29) is 5.91 Å². The van der Waals surface area contributed by atoms with Crippen molar-refractivity contribution in [1.82, 2.24) is 0 Å². The Morgan fingerprint density at radius 3 is 3.05 bits per heavy atom. The Hall–Kier alpha value is -2.99. The van der Waals surface area contributed by atoms with E-state index in [0.717, 1.165) is 29.9 Å². The van der Waals surface area contributed by atoms with Gasteiger partial charge >= 0.3 is 0 Å². The van der Waals surface area contributed by atoms with Crippen LogP contribution in [-0.4, -0.2) is 12.5 Å². The molecule has 1 N–H and O–H groups in total. The van der Waals surface area contributed by atoms with Crippen LogP contribution in [0.5, 0.6) is 5.75 Å². The number of rotatable bonds is 3. The molecule has 1 aliphatic rings. The van der Waals surface area contributed by atoms with Crippen LogP contribution in [0.4, 0.5) is 5.69 Å². The zero-order valence-corrected chi connectivity index (χ0v) is 12.0. The molecule has 2 aromatic rings. The largest absolute Gasteiger partial charge is 0.493 e. The van der Waals surface area contributed by atoms with E-state index in [4.69, 9.17) is 11.2 Å². The van der Waals surface area contributed by atoms with Gasteiger partial charge in [0.2, 0.25) is 5.91 Å². The van der Waals surface area contributed by atoms with E-state index in [2.05, 4.69) is 11.2 Å². The molecule has 0 spiro atoms. The molecule has 0 fully saturated rings. The fraction of sp³-hybridized carbons (Fsp3) is 0.105. The summed E-state index contributed by atoms with van der Waals surface area (Å²) in [5, 5.41) is 2.79. The molecule has 0 atom stereocenters. The maximum atomic E-state index is 11.9. The maximum absolute atomic E-state index is 11.9. The first-order valence-electron chi connectivity index (χ1n) is 7.06. The summed E-state index contributed by atoms with van der Waals surface area (Å²) in [4.78, 5) is 11.9. The summed E-state index contributed by atoms with van der Waals surface area (Å²) >= 11 is 0. The van der Waals surface area contributed by atoms with Gasteiger partial charge in [0.05, 0.1) is 6.61 Å². The van der Waals surface area contributed by atoms with E-state index in [1.807, 2.05) is 30.3 Å². The first-order chi connectivity index (χ1) is 10.7. The van der Waals surface area contributed by atoms with E-state index in [9.17, 15) is 4.79 Å². The van der Waals surface area contributed by atoms with E-state index in [1.54, 1.807) is 18.2 Å². The molecule has 108 valence electrons. The molecule has 3 heteroatoms. The van der Waals surface area contributed by atoms with Gasteiger partial charge in [-0.1, -0.05) is 18.1 Å². The second-order valence-corrected chi connectivity index (χ2v) is 5.01. The molecule has 3 nitrogen and oxygen atoms in total. The van der Waals surface area contributed by atoms with Crippen molar-refractivity contribution in [1.29, 1.82) is 0 Å². The molecule has 3 rings (SSSR count). The molecule has 0 aromatic heterocycles. The first-order valence-corrected chi connectivity index (χ1v) is 7.06. The summed E-state index contributed by atoms with van der Waals surface area (Å²) in [5.74, 6) is 3.29. The fourth-order valence-corrected chi connectivity index (χ4v) is 2.35. The highest BCUT2D eigenvalue weighted by molar-refractivity contribution is 6.02. The van der Waals surface area contributed by atoms with E-state index in [0.29, 0.717) is 5.69 Å². The number of amides is 1. The summed E-state index contributed by atoms with van der Waals surface area (Å²) in [5.41, 5.74) is 3.59. The monoisotopic (exact) mass is 289 g/mol. The van der Waals surface area contributed by atoms with Crippen molar-refractivity contribution >= 4 is 17.7 Å². The molecular weight excluding hydrogens is 274 g/mol. The minimum atomic E-state index is -0.189. The molecule has 0 saturated heterocycles. The lowest BCUT2D eigenvalue weighted by Crippen LogP contribution is -2.07. The topological polar surface area (TPSA) is 38.3 Å². The number of nitrogens with one attached hydrogen (secondary N) is 1. The predicted molar refractivity (Wildman–Crippen MR) is 87.7 cm³/mol. The molecule has 1 aliphatic heterocycles. The summed E-state index contributed by atoms with van der Waals surface area (Å²) in [7, 11) is 0. The Balaban J connectivity index is 1.67. The fourth-order valence-electron chi connectivity index (χ4n) is 2.35. The molecule has 1 heterocycles. The highest BCUT2D eigenvalue weighted by Gasteiger charge is 2.11. The third-order valence-electron chi connectivity index (χ3n) is 3.44. The number of carbonyl (C=O) groups excluding carboxylic acids is 1. The van der Waals surface area contributed by atoms with Gasteiger partial charge in [-0.05, 0) is 47.5 Å². The summed E-state index contributed by atoms with van der Waals surface area (Å²) < 4.78 is 5.46. The Morgan fingerprint density at radius 2 is 2.18 bits per heavy atom. The zero-order chi connectivity index (χ0) is 15.4. The van der Waals surface area contributed by atoms with Gasteiger partial charge in [0, 0.05) is 23.7 Å². The number of carbonyl (C=O) groups is 1. The van der Waals surface area contributed by atoms with Crippen LogP contribution < -0.4 is 10.1 Å². The van der Waals surface area contributed by atoms with Crippen LogP contribution >= 0.6 is 0 Å². The number of hydrogen-bond donors (Lipinski definition) is 1. The van der Waals surface area contributed by atoms with E-state index < -0.39 is 0 Å². The molecule has 0 saturated carbocycles. The van der Waals surface area contributed by atoms with Crippen LogP contribution in [0.3, 0.4) is 0 Å². The van der Waals surface area contributed by atoms with Crippen molar-refractivity contribution in [3.63, 3.8) is 0 Å². The number of terminal acetylenes is 1. The SMILES string of the molecule is C#Cc1cccc(NC(=O)/C=C\c2ccc3c(c2)CCO3)c1. The van der Waals surface area contributed by atoms with Crippen molar-refractivity contribution in [3.05, 3.63) is 65.2 Å². The lowest BCUT2D eigenvalue weighted by atomic mass is 10.1. The van der Waals surface area contributed by atoms with E-state index in [1.165, 1.54) is 11.6 Å². The van der Waals surface area contributed by atoms with Crippen molar-refractivity contribution in [3.8, 4) is 18.1 Å². The van der Waals surface area contributed by atoms with Gasteiger partial charge in [-0.15, -0.1) is 6.42 Å². The van der Waals surface area contributed by atoms with Crippen molar-refractivity contribution < 1.29 is 9.53 Å². The van der Waals surface area contributed by atoms with Crippen LogP contribution in [0.15, 0.2) is 48.5 Å². The number of ether oxygens (including phenoxy) is 1. The van der Waals surface area contributed by atoms with Gasteiger partial charge in [0.1, 0.15) is 5.75 Å². The normalized spacial score (nSPS) is 12.5. The number of benzene rings is 2. The van der Waals surface area contributed by atoms with Gasteiger partial charge < -0.3 is 10.1 Å². The third-order valence-corrected chi connectivity index (χ3v) is 3.44. The predicted octanol–water partition coefficient (Wildman–Crippen LogP) is 3.25. The zero-order valence-electron chi connectivity index (χ0n) is 12.0. The van der Waals surface area contributed by atoms with Crippen molar-refractivity contribution in [2.45, 2.75) is 6.42 Å². The van der Waals surface area contributed by atoms with Gasteiger partial charge in [0.15, 0.2) is 0 Å². The highest BCUT2D eigenvalue weighted by Crippen LogP contribution is 2.26. The van der Waals surface area contributed by atoms with Gasteiger partial charge in [0.25, 0.3) is 0 Å². The minimum Gasteiger partial charge on any atom is -0.493 e. The Labute approximate surface area is 129 Å². The van der Waals surface area contributed by atoms with Crippen molar-refractivity contribution in [2.24, 2.45) is 0 Å². The molecule has 2 aromatic carbocycles. The smallest absolute Gasteiger partial charge is 0.248 e. The average Bonchev–Trinajstić information content (AvgIpc) is 3.00. The van der Waals surface area contributed by atoms with Crippen molar-refractivity contribution in [2.75, 3.05) is 11.9 Å². The average molecular weight is 289 g/mol. The highest BCUT2D eigenvalue weighted by atomic mass is 16.5. The quantitative estimate of drug-likeness (QED) is 0.696. The van der Waals surface area contributed by atoms with Crippen LogP contribution in [0, 0.1) is 12.3 Å². The Morgan fingerprint density at radius 1 is 1.27 bits per heavy atom. The Kier molecular flexibility index (Phi) is 3.93. The molecule has 0 radical (unpaired) electrons. The number of fused-ring (bicyclic) bond motifs is 1. The molecule has 22 heavy (non-hydrogen) atoms. The van der Waals surface area contributed by atoms with Gasteiger partial charge in [-0.25, -0.2) is 0 Å². The summed E-state index contributed by atoms with van der Waals surface area (Å²) in [6.07, 6.45) is 9.57. The third kappa shape index (κ3) is 3.18. The molecule has 0 unspecified atom stereocenters. The lowest BCUT2D eigenvalue weighted by Gasteiger charge is -2.03. The van der Waals surface area contributed by atoms with Gasteiger partial charge in [-0.3, -0.25) is 4.79 Å². The molecule has 0 aliphatic carbocycles. The molecule has 1 amide bonds. The number of hydrogen-bond acceptors (Lipinski definition) is 2. The lowest BCUT2D eigenvalue weighted by molar-refractivity contribution is -0.111. The van der Waals surface area contributed by atoms with E-state index >= 15 is 0 Å². The summed E-state index contributed by atoms with van der Waals surface area (Å²) in [6, 6.07) is 13.1. The van der Waals surface area contributed by atoms with Crippen LogP contribution in [0.25, 0.3) is 6.08 Å². The maximum Gasteiger partial charge on any atom is 0.248 e. The molecular formula is C19H15NO2. The Bertz CT molecular complexity index is 784.